The number of nitrogens with one attached hydrogen (secondary N) is 1. The summed E-state index contributed by atoms with van der Waals surface area (Å²) < 4.78 is 13.1. The van der Waals surface area contributed by atoms with Crippen LogP contribution in [-0.4, -0.2) is 15.9 Å². The van der Waals surface area contributed by atoms with Gasteiger partial charge in [-0.1, -0.05) is 6.07 Å². The van der Waals surface area contributed by atoms with E-state index in [1.165, 1.54) is 23.5 Å². The molecule has 1 amide bonds. The molecule has 4 nitrogen and oxygen atoms in total. The molecule has 23 heavy (non-hydrogen) atoms. The van der Waals surface area contributed by atoms with Crippen LogP contribution in [0.2, 0.25) is 0 Å². The highest BCUT2D eigenvalue weighted by Gasteiger charge is 2.08. The van der Waals surface area contributed by atoms with E-state index in [4.69, 9.17) is 0 Å². The number of carbonyl (C=O) groups excluding carboxylic acids is 1. The highest BCUT2D eigenvalue weighted by atomic mass is 32.1. The van der Waals surface area contributed by atoms with Crippen LogP contribution in [0.15, 0.2) is 54.2 Å². The maximum absolute atomic E-state index is 13.1. The molecule has 2 aromatic heterocycles. The van der Waals surface area contributed by atoms with Crippen LogP contribution in [0.4, 0.5) is 10.1 Å². The van der Waals surface area contributed by atoms with Crippen molar-refractivity contribution in [3.8, 4) is 10.6 Å². The van der Waals surface area contributed by atoms with Gasteiger partial charge in [0.25, 0.3) is 0 Å². The minimum atomic E-state index is -0.372. The number of pyridine rings is 1. The zero-order chi connectivity index (χ0) is 16.1. The topological polar surface area (TPSA) is 54.9 Å². The Morgan fingerprint density at radius 3 is 2.96 bits per heavy atom. The van der Waals surface area contributed by atoms with Crippen molar-refractivity contribution < 1.29 is 9.18 Å². The molecule has 0 saturated heterocycles. The predicted molar refractivity (Wildman–Crippen MR) is 88.7 cm³/mol. The van der Waals surface area contributed by atoms with Gasteiger partial charge < -0.3 is 5.32 Å². The number of hydrogen-bond acceptors (Lipinski definition) is 4. The summed E-state index contributed by atoms with van der Waals surface area (Å²) in [5.74, 6) is -0.532. The molecule has 0 radical (unpaired) electrons. The van der Waals surface area contributed by atoms with Crippen molar-refractivity contribution in [1.29, 1.82) is 0 Å². The molecule has 1 aromatic carbocycles. The monoisotopic (exact) mass is 327 g/mol. The quantitative estimate of drug-likeness (QED) is 0.773. The Bertz CT molecular complexity index is 804. The number of anilines is 1. The first-order chi connectivity index (χ1) is 11.2. The normalized spacial score (nSPS) is 10.5. The Balaban J connectivity index is 1.56. The highest BCUT2D eigenvalue weighted by Crippen LogP contribution is 2.23. The lowest BCUT2D eigenvalue weighted by atomic mass is 10.2. The lowest BCUT2D eigenvalue weighted by Gasteiger charge is -2.04. The number of halogens is 1. The van der Waals surface area contributed by atoms with Crippen molar-refractivity contribution in [3.63, 3.8) is 0 Å². The number of aryl methyl sites for hydroxylation is 1. The summed E-state index contributed by atoms with van der Waals surface area (Å²) in [7, 11) is 0. The van der Waals surface area contributed by atoms with Crippen LogP contribution in [0.1, 0.15) is 12.1 Å². The van der Waals surface area contributed by atoms with Gasteiger partial charge in [0, 0.05) is 35.4 Å². The van der Waals surface area contributed by atoms with E-state index in [0.717, 1.165) is 16.3 Å². The van der Waals surface area contributed by atoms with Crippen LogP contribution in [-0.2, 0) is 11.2 Å². The first-order valence-corrected chi connectivity index (χ1v) is 7.99. The van der Waals surface area contributed by atoms with E-state index in [9.17, 15) is 9.18 Å². The van der Waals surface area contributed by atoms with Crippen molar-refractivity contribution in [3.05, 3.63) is 65.7 Å². The van der Waals surface area contributed by atoms with Gasteiger partial charge in [-0.05, 0) is 36.8 Å². The van der Waals surface area contributed by atoms with Crippen LogP contribution < -0.4 is 5.32 Å². The zero-order valence-electron chi connectivity index (χ0n) is 12.2. The molecular weight excluding hydrogens is 313 g/mol. The molecule has 6 heteroatoms. The fourth-order valence-corrected chi connectivity index (χ4v) is 2.92. The Morgan fingerprint density at radius 1 is 1.26 bits per heavy atom. The first-order valence-electron chi connectivity index (χ1n) is 7.11. The highest BCUT2D eigenvalue weighted by molar-refractivity contribution is 7.13. The second kappa shape index (κ2) is 7.11. The minimum absolute atomic E-state index is 0.161. The molecule has 116 valence electrons. The number of amides is 1. The third-order valence-corrected chi connectivity index (χ3v) is 4.12. The molecule has 0 saturated carbocycles. The smallest absolute Gasteiger partial charge is 0.224 e. The van der Waals surface area contributed by atoms with Crippen molar-refractivity contribution in [1.82, 2.24) is 9.97 Å². The molecule has 0 unspecified atom stereocenters. The molecule has 1 N–H and O–H groups in total. The van der Waals surface area contributed by atoms with E-state index < -0.39 is 0 Å². The van der Waals surface area contributed by atoms with Crippen LogP contribution in [0.3, 0.4) is 0 Å². The van der Waals surface area contributed by atoms with Gasteiger partial charge in [-0.25, -0.2) is 9.37 Å². The maximum atomic E-state index is 13.1. The minimum Gasteiger partial charge on any atom is -0.326 e. The van der Waals surface area contributed by atoms with Gasteiger partial charge in [-0.15, -0.1) is 11.3 Å². The average Bonchev–Trinajstić information content (AvgIpc) is 3.03. The molecule has 0 fully saturated rings. The van der Waals surface area contributed by atoms with Gasteiger partial charge >= 0.3 is 0 Å². The van der Waals surface area contributed by atoms with Crippen LogP contribution in [0.25, 0.3) is 10.6 Å². The third kappa shape index (κ3) is 4.20. The fourth-order valence-electron chi connectivity index (χ4n) is 2.07. The molecule has 0 atom stereocenters. The SMILES string of the molecule is O=C(CCc1csc(-c2cccnc2)n1)Nc1cccc(F)c1. The molecule has 0 spiro atoms. The number of nitrogens with zero attached hydrogens (tertiary/aromatic N) is 2. The van der Waals surface area contributed by atoms with Crippen molar-refractivity contribution >= 4 is 22.9 Å². The lowest BCUT2D eigenvalue weighted by Crippen LogP contribution is -2.12. The van der Waals surface area contributed by atoms with E-state index in [1.54, 1.807) is 24.5 Å². The van der Waals surface area contributed by atoms with Gasteiger partial charge in [-0.2, -0.15) is 0 Å². The predicted octanol–water partition coefficient (Wildman–Crippen LogP) is 3.92. The van der Waals surface area contributed by atoms with E-state index in [2.05, 4.69) is 15.3 Å². The largest absolute Gasteiger partial charge is 0.326 e. The van der Waals surface area contributed by atoms with Crippen molar-refractivity contribution in [2.75, 3.05) is 5.32 Å². The maximum Gasteiger partial charge on any atom is 0.224 e. The fraction of sp³-hybridized carbons (Fsp3) is 0.118. The molecule has 3 aromatic rings. The van der Waals surface area contributed by atoms with Crippen LogP contribution >= 0.6 is 11.3 Å². The molecule has 3 rings (SSSR count). The van der Waals surface area contributed by atoms with Gasteiger partial charge in [0.2, 0.25) is 5.91 Å². The van der Waals surface area contributed by atoms with E-state index in [0.29, 0.717) is 18.5 Å². The summed E-state index contributed by atoms with van der Waals surface area (Å²) in [6, 6.07) is 9.66. The Hall–Kier alpha value is -2.60. The standard InChI is InChI=1S/C17H14FN3OS/c18-13-4-1-5-14(9-13)20-16(22)7-6-15-11-23-17(21-15)12-3-2-8-19-10-12/h1-5,8-11H,6-7H2,(H,20,22). The molecule has 0 aliphatic heterocycles. The Labute approximate surface area is 137 Å². The Kier molecular flexibility index (Phi) is 4.73. The number of thiazole rings is 1. The summed E-state index contributed by atoms with van der Waals surface area (Å²) in [4.78, 5) is 20.5. The number of benzene rings is 1. The number of aromatic nitrogens is 2. The second-order valence-corrected chi connectivity index (χ2v) is 5.80. The van der Waals surface area contributed by atoms with E-state index in [-0.39, 0.29) is 11.7 Å². The summed E-state index contributed by atoms with van der Waals surface area (Å²) in [5.41, 5.74) is 2.29. The molecule has 2 heterocycles. The summed E-state index contributed by atoms with van der Waals surface area (Å²) in [6.07, 6.45) is 4.32. The molecule has 0 bridgehead atoms. The second-order valence-electron chi connectivity index (χ2n) is 4.94. The van der Waals surface area contributed by atoms with Crippen molar-refractivity contribution in [2.24, 2.45) is 0 Å². The molecule has 0 aliphatic rings. The van der Waals surface area contributed by atoms with Crippen molar-refractivity contribution in [2.45, 2.75) is 12.8 Å². The third-order valence-electron chi connectivity index (χ3n) is 3.18. The number of hydrogen-bond donors (Lipinski definition) is 1. The Morgan fingerprint density at radius 2 is 2.17 bits per heavy atom. The summed E-state index contributed by atoms with van der Waals surface area (Å²) in [5, 5.41) is 5.51. The molecular formula is C17H14FN3OS. The zero-order valence-corrected chi connectivity index (χ0v) is 13.0. The molecule has 0 aliphatic carbocycles. The van der Waals surface area contributed by atoms with E-state index >= 15 is 0 Å². The number of carbonyl (C=O) groups is 1. The average molecular weight is 327 g/mol. The lowest BCUT2D eigenvalue weighted by molar-refractivity contribution is -0.116. The van der Waals surface area contributed by atoms with Gasteiger partial charge in [-0.3, -0.25) is 9.78 Å². The first kappa shape index (κ1) is 15.3. The van der Waals surface area contributed by atoms with Gasteiger partial charge in [0.15, 0.2) is 0 Å². The summed E-state index contributed by atoms with van der Waals surface area (Å²) in [6.45, 7) is 0. The van der Waals surface area contributed by atoms with Crippen LogP contribution in [0, 0.1) is 5.82 Å². The number of rotatable bonds is 5. The van der Waals surface area contributed by atoms with Gasteiger partial charge in [0.05, 0.1) is 5.69 Å². The van der Waals surface area contributed by atoms with Gasteiger partial charge in [0.1, 0.15) is 10.8 Å². The van der Waals surface area contributed by atoms with E-state index in [1.807, 2.05) is 17.5 Å². The van der Waals surface area contributed by atoms with Crippen LogP contribution in [0.5, 0.6) is 0 Å². The summed E-state index contributed by atoms with van der Waals surface area (Å²) >= 11 is 1.53.